The topological polar surface area (TPSA) is 0 Å². The molecule has 1 aliphatic rings. The van der Waals surface area contributed by atoms with Crippen molar-refractivity contribution in [2.75, 3.05) is 0 Å². The standard InChI is InChI=1S/C20H20/c1-15-9-6-7-12-18(15)20-14-8-13-19(16(20)2)17-10-4-3-5-11-17/h3-5,7-8,10-14H,6,9H2,1-2H3. The molecule has 2 aromatic rings. The van der Waals surface area contributed by atoms with Crippen LogP contribution in [0, 0.1) is 6.92 Å². The highest BCUT2D eigenvalue weighted by Crippen LogP contribution is 2.33. The maximum Gasteiger partial charge on any atom is -0.0149 e. The SMILES string of the molecule is CC1=C(c2cccc(-c3ccccc3)c2C)C=CCC1. The summed E-state index contributed by atoms with van der Waals surface area (Å²) < 4.78 is 0. The maximum absolute atomic E-state index is 2.29. The molecule has 1 aliphatic carbocycles. The summed E-state index contributed by atoms with van der Waals surface area (Å²) in [5.41, 5.74) is 8.29. The van der Waals surface area contributed by atoms with Gasteiger partial charge in [-0.3, -0.25) is 0 Å². The van der Waals surface area contributed by atoms with E-state index in [2.05, 4.69) is 74.5 Å². The number of hydrogen-bond donors (Lipinski definition) is 0. The van der Waals surface area contributed by atoms with Gasteiger partial charge in [-0.05, 0) is 54.5 Å². The van der Waals surface area contributed by atoms with Gasteiger partial charge in [-0.1, -0.05) is 66.3 Å². The Kier molecular flexibility index (Phi) is 3.56. The molecule has 0 unspecified atom stereocenters. The molecule has 0 amide bonds. The molecule has 0 bridgehead atoms. The molecule has 0 atom stereocenters. The number of rotatable bonds is 2. The normalized spacial score (nSPS) is 14.7. The van der Waals surface area contributed by atoms with Crippen molar-refractivity contribution in [3.63, 3.8) is 0 Å². The highest BCUT2D eigenvalue weighted by molar-refractivity contribution is 5.83. The molecular formula is C20H20. The summed E-state index contributed by atoms with van der Waals surface area (Å²) in [6.45, 7) is 4.49. The van der Waals surface area contributed by atoms with Gasteiger partial charge in [-0.15, -0.1) is 0 Å². The molecule has 3 rings (SSSR count). The third-order valence-electron chi connectivity index (χ3n) is 4.14. The molecule has 0 aliphatic heterocycles. The van der Waals surface area contributed by atoms with Crippen molar-refractivity contribution in [1.29, 1.82) is 0 Å². The lowest BCUT2D eigenvalue weighted by Gasteiger charge is -2.17. The molecule has 20 heavy (non-hydrogen) atoms. The van der Waals surface area contributed by atoms with Gasteiger partial charge in [-0.25, -0.2) is 0 Å². The van der Waals surface area contributed by atoms with Gasteiger partial charge in [0, 0.05) is 0 Å². The van der Waals surface area contributed by atoms with Crippen LogP contribution in [-0.4, -0.2) is 0 Å². The highest BCUT2D eigenvalue weighted by Gasteiger charge is 2.11. The van der Waals surface area contributed by atoms with E-state index in [1.54, 1.807) is 0 Å². The molecular weight excluding hydrogens is 240 g/mol. The summed E-state index contributed by atoms with van der Waals surface area (Å²) in [4.78, 5) is 0. The molecule has 0 spiro atoms. The van der Waals surface area contributed by atoms with Crippen LogP contribution >= 0.6 is 0 Å². The smallest absolute Gasteiger partial charge is 0.0149 e. The zero-order valence-electron chi connectivity index (χ0n) is 12.2. The fourth-order valence-corrected chi connectivity index (χ4v) is 2.96. The molecule has 0 heterocycles. The lowest BCUT2D eigenvalue weighted by Crippen LogP contribution is -1.96. The highest BCUT2D eigenvalue weighted by atomic mass is 14.2. The van der Waals surface area contributed by atoms with Crippen molar-refractivity contribution in [3.8, 4) is 11.1 Å². The zero-order valence-corrected chi connectivity index (χ0v) is 12.2. The minimum atomic E-state index is 1.17. The summed E-state index contributed by atoms with van der Waals surface area (Å²) in [6, 6.07) is 17.3. The lowest BCUT2D eigenvalue weighted by molar-refractivity contribution is 0.967. The Balaban J connectivity index is 2.14. The van der Waals surface area contributed by atoms with Crippen LogP contribution in [0.1, 0.15) is 30.9 Å². The second-order valence-corrected chi connectivity index (χ2v) is 5.48. The molecule has 0 saturated heterocycles. The lowest BCUT2D eigenvalue weighted by atomic mass is 9.88. The fourth-order valence-electron chi connectivity index (χ4n) is 2.96. The van der Waals surface area contributed by atoms with Crippen LogP contribution in [0.15, 0.2) is 66.3 Å². The minimum absolute atomic E-state index is 1.17. The largest absolute Gasteiger partial charge is 0.0836 e. The van der Waals surface area contributed by atoms with Gasteiger partial charge in [0.25, 0.3) is 0 Å². The van der Waals surface area contributed by atoms with E-state index < -0.39 is 0 Å². The molecule has 0 aromatic heterocycles. The van der Waals surface area contributed by atoms with E-state index in [-0.39, 0.29) is 0 Å². The van der Waals surface area contributed by atoms with Crippen molar-refractivity contribution in [2.45, 2.75) is 26.7 Å². The Labute approximate surface area is 121 Å². The van der Waals surface area contributed by atoms with Crippen molar-refractivity contribution in [2.24, 2.45) is 0 Å². The molecule has 0 fully saturated rings. The van der Waals surface area contributed by atoms with Crippen LogP contribution in [0.25, 0.3) is 16.7 Å². The van der Waals surface area contributed by atoms with Crippen molar-refractivity contribution in [3.05, 3.63) is 77.4 Å². The first kappa shape index (κ1) is 12.9. The molecule has 2 aromatic carbocycles. The predicted molar refractivity (Wildman–Crippen MR) is 87.6 cm³/mol. The van der Waals surface area contributed by atoms with E-state index in [1.807, 2.05) is 0 Å². The summed E-state index contributed by atoms with van der Waals surface area (Å²) in [5, 5.41) is 0. The van der Waals surface area contributed by atoms with Gasteiger partial charge in [0.15, 0.2) is 0 Å². The van der Waals surface area contributed by atoms with E-state index >= 15 is 0 Å². The minimum Gasteiger partial charge on any atom is -0.0836 e. The fraction of sp³-hybridized carbons (Fsp3) is 0.200. The average Bonchev–Trinajstić information content (AvgIpc) is 2.49. The van der Waals surface area contributed by atoms with Crippen LogP contribution in [0.3, 0.4) is 0 Å². The number of benzene rings is 2. The van der Waals surface area contributed by atoms with Crippen LogP contribution in [0.4, 0.5) is 0 Å². The Bertz CT molecular complexity index is 672. The third-order valence-corrected chi connectivity index (χ3v) is 4.14. The summed E-state index contributed by atoms with van der Waals surface area (Å²) >= 11 is 0. The maximum atomic E-state index is 2.29. The monoisotopic (exact) mass is 260 g/mol. The van der Waals surface area contributed by atoms with Crippen LogP contribution < -0.4 is 0 Å². The Morgan fingerprint density at radius 3 is 2.30 bits per heavy atom. The van der Waals surface area contributed by atoms with Crippen LogP contribution in [-0.2, 0) is 0 Å². The van der Waals surface area contributed by atoms with Gasteiger partial charge >= 0.3 is 0 Å². The van der Waals surface area contributed by atoms with Gasteiger partial charge < -0.3 is 0 Å². The first-order chi connectivity index (χ1) is 9.77. The first-order valence-corrected chi connectivity index (χ1v) is 7.29. The Morgan fingerprint density at radius 2 is 1.55 bits per heavy atom. The van der Waals surface area contributed by atoms with E-state index in [0.717, 1.165) is 0 Å². The second kappa shape index (κ2) is 5.50. The first-order valence-electron chi connectivity index (χ1n) is 7.29. The molecule has 0 N–H and O–H groups in total. The average molecular weight is 260 g/mol. The van der Waals surface area contributed by atoms with Crippen molar-refractivity contribution < 1.29 is 0 Å². The Hall–Kier alpha value is -2.08. The Morgan fingerprint density at radius 1 is 0.800 bits per heavy atom. The quantitative estimate of drug-likeness (QED) is 0.641. The van der Waals surface area contributed by atoms with Crippen molar-refractivity contribution >= 4 is 5.57 Å². The summed E-state index contributed by atoms with van der Waals surface area (Å²) in [5.74, 6) is 0. The molecule has 0 radical (unpaired) electrons. The predicted octanol–water partition coefficient (Wildman–Crippen LogP) is 5.79. The van der Waals surface area contributed by atoms with Crippen LogP contribution in [0.2, 0.25) is 0 Å². The van der Waals surface area contributed by atoms with E-state index in [9.17, 15) is 0 Å². The third kappa shape index (κ3) is 2.34. The second-order valence-electron chi connectivity index (χ2n) is 5.48. The zero-order chi connectivity index (χ0) is 13.9. The van der Waals surface area contributed by atoms with Gasteiger partial charge in [-0.2, -0.15) is 0 Å². The number of allylic oxidation sites excluding steroid dienone is 4. The van der Waals surface area contributed by atoms with E-state index in [0.29, 0.717) is 0 Å². The molecule has 0 nitrogen and oxygen atoms in total. The molecule has 0 heteroatoms. The van der Waals surface area contributed by atoms with Crippen molar-refractivity contribution in [1.82, 2.24) is 0 Å². The molecule has 0 saturated carbocycles. The number of hydrogen-bond acceptors (Lipinski definition) is 0. The summed E-state index contributed by atoms with van der Waals surface area (Å²) in [7, 11) is 0. The molecule has 100 valence electrons. The van der Waals surface area contributed by atoms with E-state index in [4.69, 9.17) is 0 Å². The summed E-state index contributed by atoms with van der Waals surface area (Å²) in [6.07, 6.45) is 6.93. The van der Waals surface area contributed by atoms with Crippen LogP contribution in [0.5, 0.6) is 0 Å². The van der Waals surface area contributed by atoms with E-state index in [1.165, 1.54) is 46.2 Å². The van der Waals surface area contributed by atoms with Gasteiger partial charge in [0.05, 0.1) is 0 Å². The van der Waals surface area contributed by atoms with Gasteiger partial charge in [0.2, 0.25) is 0 Å². The van der Waals surface area contributed by atoms with Gasteiger partial charge in [0.1, 0.15) is 0 Å².